The van der Waals surface area contributed by atoms with Crippen molar-refractivity contribution < 1.29 is 19.1 Å². The highest BCUT2D eigenvalue weighted by Gasteiger charge is 2.46. The number of hydrogen-bond donors (Lipinski definition) is 1. The molecule has 11 heteroatoms. The van der Waals surface area contributed by atoms with Gasteiger partial charge >= 0.3 is 11.3 Å². The first kappa shape index (κ1) is 22.5. The Morgan fingerprint density at radius 3 is 2.76 bits per heavy atom. The molecule has 1 aliphatic rings. The number of amides is 1. The Morgan fingerprint density at radius 1 is 1.33 bits per heavy atom. The quantitative estimate of drug-likeness (QED) is 0.255. The fourth-order valence-electron chi connectivity index (χ4n) is 3.88. The van der Waals surface area contributed by atoms with Crippen LogP contribution in [0.25, 0.3) is 11.3 Å². The largest absolute Gasteiger partial charge is 0.493 e. The zero-order valence-electron chi connectivity index (χ0n) is 18.3. The molecule has 1 aromatic heterocycles. The number of nitrogens with zero attached hydrogens (tertiary/aromatic N) is 4. The summed E-state index contributed by atoms with van der Waals surface area (Å²) in [4.78, 5) is 41.4. The third-order valence-corrected chi connectivity index (χ3v) is 5.81. The molecule has 0 spiro atoms. The number of fused-ring (bicyclic) bond motifs is 3. The van der Waals surface area contributed by atoms with E-state index in [1.165, 1.54) is 46.5 Å². The van der Waals surface area contributed by atoms with Gasteiger partial charge in [0.25, 0.3) is 11.9 Å². The summed E-state index contributed by atoms with van der Waals surface area (Å²) in [5, 5.41) is 16.5. The number of H-pyrrole nitrogens is 1. The van der Waals surface area contributed by atoms with Gasteiger partial charge in [0.2, 0.25) is 11.1 Å². The maximum Gasteiger partial charge on any atom is 0.325 e. The Bertz CT molecular complexity index is 1310. The van der Waals surface area contributed by atoms with Gasteiger partial charge in [-0.1, -0.05) is 30.8 Å². The van der Waals surface area contributed by atoms with Crippen molar-refractivity contribution in [2.24, 2.45) is 0 Å². The second-order valence-corrected chi connectivity index (χ2v) is 8.16. The van der Waals surface area contributed by atoms with E-state index in [0.717, 1.165) is 6.42 Å². The number of carbonyl (C=O) groups excluding carboxylic acids is 1. The molecular weight excluding hydrogens is 446 g/mol. The van der Waals surface area contributed by atoms with Gasteiger partial charge in [-0.2, -0.15) is 0 Å². The van der Waals surface area contributed by atoms with Crippen LogP contribution in [0.2, 0.25) is 0 Å². The molecule has 0 saturated heterocycles. The predicted molar refractivity (Wildman–Crippen MR) is 122 cm³/mol. The third-order valence-electron chi connectivity index (χ3n) is 5.23. The number of para-hydroxylation sites is 1. The van der Waals surface area contributed by atoms with Crippen LogP contribution in [-0.2, 0) is 4.79 Å². The number of ether oxygens (including phenoxy) is 1. The Labute approximate surface area is 193 Å². The van der Waals surface area contributed by atoms with E-state index in [1.807, 2.05) is 6.92 Å². The molecule has 0 saturated carbocycles. The lowest BCUT2D eigenvalue weighted by molar-refractivity contribution is -0.763. The monoisotopic (exact) mass is 468 g/mol. The second-order valence-electron chi connectivity index (χ2n) is 7.36. The van der Waals surface area contributed by atoms with Gasteiger partial charge in [-0.25, -0.2) is 4.90 Å². The van der Waals surface area contributed by atoms with Crippen molar-refractivity contribution in [3.05, 3.63) is 68.5 Å². The average Bonchev–Trinajstić information content (AvgIpc) is 2.81. The van der Waals surface area contributed by atoms with Gasteiger partial charge in [-0.3, -0.25) is 24.7 Å². The molecule has 3 aromatic rings. The number of nitro groups is 1. The van der Waals surface area contributed by atoms with Crippen molar-refractivity contribution in [1.82, 2.24) is 10.1 Å². The first-order chi connectivity index (χ1) is 15.9. The number of non-ortho nitro benzene ring substituents is 1. The van der Waals surface area contributed by atoms with Crippen LogP contribution in [0.15, 0.2) is 52.4 Å². The minimum Gasteiger partial charge on any atom is -0.493 e. The number of benzene rings is 2. The Morgan fingerprint density at radius 2 is 2.09 bits per heavy atom. The van der Waals surface area contributed by atoms with Crippen molar-refractivity contribution in [1.29, 1.82) is 0 Å². The fraction of sp³-hybridized carbons (Fsp3) is 0.273. The van der Waals surface area contributed by atoms with Crippen LogP contribution in [-0.4, -0.2) is 33.8 Å². The summed E-state index contributed by atoms with van der Waals surface area (Å²) in [7, 11) is 0. The lowest BCUT2D eigenvalue weighted by Crippen LogP contribution is -2.60. The van der Waals surface area contributed by atoms with Crippen molar-refractivity contribution in [2.45, 2.75) is 31.6 Å². The van der Waals surface area contributed by atoms with Gasteiger partial charge in [0.1, 0.15) is 5.75 Å². The minimum atomic E-state index is -0.965. The summed E-state index contributed by atoms with van der Waals surface area (Å²) in [5.74, 6) is 0.0654. The number of rotatable bonds is 6. The lowest BCUT2D eigenvalue weighted by Gasteiger charge is -2.31. The highest BCUT2D eigenvalue weighted by molar-refractivity contribution is 7.98. The van der Waals surface area contributed by atoms with Crippen molar-refractivity contribution in [2.75, 3.05) is 17.8 Å². The van der Waals surface area contributed by atoms with E-state index in [4.69, 9.17) is 4.74 Å². The Hall–Kier alpha value is -3.73. The summed E-state index contributed by atoms with van der Waals surface area (Å²) in [6, 6.07) is 11.3. The van der Waals surface area contributed by atoms with Crippen LogP contribution < -0.4 is 19.9 Å². The van der Waals surface area contributed by atoms with Crippen LogP contribution in [0, 0.1) is 10.1 Å². The Balaban J connectivity index is 2.09. The first-order valence-electron chi connectivity index (χ1n) is 10.3. The molecule has 170 valence electrons. The number of anilines is 1. The molecule has 1 atom stereocenters. The number of hydrogen-bond acceptors (Lipinski definition) is 7. The molecule has 1 N–H and O–H groups in total. The molecule has 0 aliphatic carbocycles. The first-order valence-corrected chi connectivity index (χ1v) is 11.5. The summed E-state index contributed by atoms with van der Waals surface area (Å²) >= 11 is 1.24. The van der Waals surface area contributed by atoms with Crippen molar-refractivity contribution in [3.63, 3.8) is 0 Å². The molecule has 0 fully saturated rings. The normalized spacial score (nSPS) is 14.4. The molecule has 1 amide bonds. The number of carbonyl (C=O) groups is 1. The molecule has 2 heterocycles. The molecule has 10 nitrogen and oxygen atoms in total. The van der Waals surface area contributed by atoms with E-state index < -0.39 is 11.1 Å². The topological polar surface area (TPSA) is 122 Å². The molecule has 2 aromatic carbocycles. The molecule has 0 unspecified atom stereocenters. The van der Waals surface area contributed by atoms with Gasteiger partial charge in [0.15, 0.2) is 0 Å². The third kappa shape index (κ3) is 3.95. The zero-order valence-corrected chi connectivity index (χ0v) is 19.1. The molecule has 4 rings (SSSR count). The van der Waals surface area contributed by atoms with Gasteiger partial charge in [0, 0.05) is 24.2 Å². The van der Waals surface area contributed by atoms with Crippen molar-refractivity contribution >= 4 is 29.0 Å². The summed E-state index contributed by atoms with van der Waals surface area (Å²) in [5.41, 5.74) is 1.11. The molecule has 0 radical (unpaired) electrons. The number of nitro benzene ring substituents is 1. The standard InChI is InChI=1S/C22H21N5O5S/c1-4-11-32-18-10-9-14(27(30)31)12-16(18)21-25(13(2)28)17-8-6-5-7-15(17)19-20(29)23-22(33-3)24-26(19)21/h5-10,12,21H,4,11H2,1-3H3/p+1/t21-/m1/s1. The fourth-order valence-corrected chi connectivity index (χ4v) is 4.24. The van der Waals surface area contributed by atoms with Gasteiger partial charge in [-0.15, -0.1) is 0 Å². The SMILES string of the molecule is CCCOc1ccc([N+](=O)[O-])cc1[C@@H]1N(C(C)=O)c2ccccc2-c2c(=O)[nH]c(SC)n[n+]21. The molecule has 1 aliphatic heterocycles. The number of nitrogens with one attached hydrogen (secondary N) is 1. The summed E-state index contributed by atoms with van der Waals surface area (Å²) in [6.07, 6.45) is 1.52. The molecular formula is C22H22N5O5S+. The summed E-state index contributed by atoms with van der Waals surface area (Å²) in [6.45, 7) is 3.73. The number of aromatic amines is 1. The van der Waals surface area contributed by atoms with Crippen LogP contribution >= 0.6 is 11.8 Å². The maximum atomic E-state index is 13.1. The Kier molecular flexibility index (Phi) is 6.14. The molecule has 0 bridgehead atoms. The second kappa shape index (κ2) is 9.02. The van der Waals surface area contributed by atoms with Gasteiger partial charge in [-0.05, 0) is 35.6 Å². The van der Waals surface area contributed by atoms with Gasteiger partial charge in [0.05, 0.1) is 28.3 Å². The van der Waals surface area contributed by atoms with E-state index in [-0.39, 0.29) is 22.8 Å². The summed E-state index contributed by atoms with van der Waals surface area (Å²) < 4.78 is 7.35. The number of thioether (sulfide) groups is 1. The van der Waals surface area contributed by atoms with E-state index in [9.17, 15) is 19.7 Å². The van der Waals surface area contributed by atoms with Crippen LogP contribution in [0.5, 0.6) is 5.75 Å². The zero-order chi connectivity index (χ0) is 23.7. The van der Waals surface area contributed by atoms with Crippen LogP contribution in [0.4, 0.5) is 11.4 Å². The maximum absolute atomic E-state index is 13.1. The minimum absolute atomic E-state index is 0.159. The van der Waals surface area contributed by atoms with Crippen molar-refractivity contribution in [3.8, 4) is 17.0 Å². The highest BCUT2D eigenvalue weighted by Crippen LogP contribution is 2.40. The van der Waals surface area contributed by atoms with E-state index in [2.05, 4.69) is 10.1 Å². The lowest BCUT2D eigenvalue weighted by atomic mass is 10.0. The van der Waals surface area contributed by atoms with Crippen LogP contribution in [0.1, 0.15) is 32.0 Å². The average molecular weight is 469 g/mol. The smallest absolute Gasteiger partial charge is 0.325 e. The van der Waals surface area contributed by atoms with E-state index >= 15 is 0 Å². The van der Waals surface area contributed by atoms with E-state index in [0.29, 0.717) is 34.3 Å². The van der Waals surface area contributed by atoms with Crippen LogP contribution in [0.3, 0.4) is 0 Å². The molecule has 33 heavy (non-hydrogen) atoms. The van der Waals surface area contributed by atoms with Gasteiger partial charge < -0.3 is 4.74 Å². The van der Waals surface area contributed by atoms with E-state index in [1.54, 1.807) is 30.5 Å². The number of aromatic nitrogens is 3. The predicted octanol–water partition coefficient (Wildman–Crippen LogP) is 3.06. The highest BCUT2D eigenvalue weighted by atomic mass is 32.2.